The van der Waals surface area contributed by atoms with E-state index in [1.807, 2.05) is 26.0 Å². The Labute approximate surface area is 78.6 Å². The van der Waals surface area contributed by atoms with E-state index >= 15 is 0 Å². The molecule has 0 aromatic heterocycles. The summed E-state index contributed by atoms with van der Waals surface area (Å²) in [5, 5.41) is 13.2. The summed E-state index contributed by atoms with van der Waals surface area (Å²) in [6.07, 6.45) is 0. The van der Waals surface area contributed by atoms with Gasteiger partial charge in [-0.2, -0.15) is 0 Å². The van der Waals surface area contributed by atoms with Crippen molar-refractivity contribution in [3.63, 3.8) is 0 Å². The van der Waals surface area contributed by atoms with Gasteiger partial charge in [-0.05, 0) is 25.0 Å². The molecule has 0 aliphatic carbocycles. The summed E-state index contributed by atoms with van der Waals surface area (Å²) < 4.78 is 0. The fourth-order valence-electron chi connectivity index (χ4n) is 1.93. The highest BCUT2D eigenvalue weighted by atomic mass is 16.3. The van der Waals surface area contributed by atoms with Crippen LogP contribution in [0.25, 0.3) is 0 Å². The smallest absolute Gasteiger partial charge is 0.0785 e. The normalized spacial score (nSPS) is 21.6. The SMILES string of the molecule is CC(C)(O)C1NCc2ccccc21. The van der Waals surface area contributed by atoms with Gasteiger partial charge in [-0.1, -0.05) is 24.3 Å². The molecule has 1 aromatic carbocycles. The molecule has 1 heterocycles. The van der Waals surface area contributed by atoms with Gasteiger partial charge in [-0.3, -0.25) is 0 Å². The molecule has 2 nitrogen and oxygen atoms in total. The Kier molecular flexibility index (Phi) is 1.90. The number of hydrogen-bond donors (Lipinski definition) is 2. The third kappa shape index (κ3) is 1.47. The lowest BCUT2D eigenvalue weighted by molar-refractivity contribution is 0.0409. The van der Waals surface area contributed by atoms with Crippen LogP contribution in [-0.4, -0.2) is 10.7 Å². The number of benzene rings is 1. The van der Waals surface area contributed by atoms with Gasteiger partial charge in [-0.15, -0.1) is 0 Å². The van der Waals surface area contributed by atoms with Crippen LogP contribution in [0.5, 0.6) is 0 Å². The molecule has 0 saturated carbocycles. The van der Waals surface area contributed by atoms with E-state index in [1.54, 1.807) is 0 Å². The number of nitrogens with one attached hydrogen (secondary N) is 1. The minimum atomic E-state index is -0.688. The summed E-state index contributed by atoms with van der Waals surface area (Å²) in [5.41, 5.74) is 1.84. The van der Waals surface area contributed by atoms with Crippen molar-refractivity contribution >= 4 is 0 Å². The van der Waals surface area contributed by atoms with E-state index in [0.717, 1.165) is 6.54 Å². The first-order chi connectivity index (χ1) is 6.09. The van der Waals surface area contributed by atoms with E-state index < -0.39 is 5.60 Å². The van der Waals surface area contributed by atoms with E-state index in [2.05, 4.69) is 17.4 Å². The maximum absolute atomic E-state index is 9.90. The van der Waals surface area contributed by atoms with Gasteiger partial charge < -0.3 is 10.4 Å². The zero-order chi connectivity index (χ0) is 9.47. The molecule has 0 spiro atoms. The Morgan fingerprint density at radius 3 is 2.77 bits per heavy atom. The summed E-state index contributed by atoms with van der Waals surface area (Å²) in [6.45, 7) is 4.55. The highest BCUT2D eigenvalue weighted by Gasteiger charge is 2.33. The summed E-state index contributed by atoms with van der Waals surface area (Å²) in [5.74, 6) is 0. The van der Waals surface area contributed by atoms with Crippen molar-refractivity contribution in [3.05, 3.63) is 35.4 Å². The van der Waals surface area contributed by atoms with Crippen LogP contribution in [-0.2, 0) is 6.54 Å². The van der Waals surface area contributed by atoms with Crippen LogP contribution in [0, 0.1) is 0 Å². The van der Waals surface area contributed by atoms with Crippen LogP contribution >= 0.6 is 0 Å². The molecular formula is C11H15NO. The molecule has 1 aliphatic heterocycles. The second kappa shape index (κ2) is 2.82. The first kappa shape index (κ1) is 8.73. The molecule has 2 N–H and O–H groups in total. The fourth-order valence-corrected chi connectivity index (χ4v) is 1.93. The summed E-state index contributed by atoms with van der Waals surface area (Å²) in [4.78, 5) is 0. The van der Waals surface area contributed by atoms with Crippen molar-refractivity contribution in [2.24, 2.45) is 0 Å². The lowest BCUT2D eigenvalue weighted by atomic mass is 9.92. The molecule has 13 heavy (non-hydrogen) atoms. The number of rotatable bonds is 1. The van der Waals surface area contributed by atoms with Crippen molar-refractivity contribution in [1.82, 2.24) is 5.32 Å². The molecule has 0 radical (unpaired) electrons. The van der Waals surface area contributed by atoms with Gasteiger partial charge >= 0.3 is 0 Å². The van der Waals surface area contributed by atoms with Crippen molar-refractivity contribution < 1.29 is 5.11 Å². The first-order valence-corrected chi connectivity index (χ1v) is 4.62. The number of fused-ring (bicyclic) bond motifs is 1. The average molecular weight is 177 g/mol. The van der Waals surface area contributed by atoms with E-state index in [1.165, 1.54) is 11.1 Å². The van der Waals surface area contributed by atoms with Crippen LogP contribution in [0.15, 0.2) is 24.3 Å². The largest absolute Gasteiger partial charge is 0.388 e. The van der Waals surface area contributed by atoms with Crippen LogP contribution in [0.3, 0.4) is 0 Å². The van der Waals surface area contributed by atoms with E-state index in [9.17, 15) is 5.11 Å². The Morgan fingerprint density at radius 1 is 1.38 bits per heavy atom. The molecule has 2 heteroatoms. The molecule has 0 fully saturated rings. The van der Waals surface area contributed by atoms with Crippen molar-refractivity contribution in [2.75, 3.05) is 0 Å². The second-order valence-electron chi connectivity index (χ2n) is 4.17. The van der Waals surface area contributed by atoms with Crippen molar-refractivity contribution in [2.45, 2.75) is 32.0 Å². The number of aliphatic hydroxyl groups is 1. The highest BCUT2D eigenvalue weighted by Crippen LogP contribution is 2.32. The second-order valence-corrected chi connectivity index (χ2v) is 4.17. The summed E-state index contributed by atoms with van der Waals surface area (Å²) >= 11 is 0. The summed E-state index contributed by atoms with van der Waals surface area (Å²) in [6, 6.07) is 8.31. The lowest BCUT2D eigenvalue weighted by Crippen LogP contribution is -2.35. The van der Waals surface area contributed by atoms with Crippen LogP contribution < -0.4 is 5.32 Å². The van der Waals surface area contributed by atoms with Crippen molar-refractivity contribution in [3.8, 4) is 0 Å². The third-order valence-electron chi connectivity index (χ3n) is 2.57. The van der Waals surface area contributed by atoms with Crippen molar-refractivity contribution in [1.29, 1.82) is 0 Å². The molecular weight excluding hydrogens is 162 g/mol. The molecule has 1 aromatic rings. The first-order valence-electron chi connectivity index (χ1n) is 4.62. The Hall–Kier alpha value is -0.860. The molecule has 70 valence electrons. The van der Waals surface area contributed by atoms with Crippen LogP contribution in [0.1, 0.15) is 31.0 Å². The van der Waals surface area contributed by atoms with Gasteiger partial charge in [0.1, 0.15) is 0 Å². The Balaban J connectivity index is 2.39. The molecule has 1 atom stereocenters. The minimum Gasteiger partial charge on any atom is -0.388 e. The summed E-state index contributed by atoms with van der Waals surface area (Å²) in [7, 11) is 0. The topological polar surface area (TPSA) is 32.3 Å². The van der Waals surface area contributed by atoms with Crippen LogP contribution in [0.2, 0.25) is 0 Å². The van der Waals surface area contributed by atoms with Gasteiger partial charge in [0.15, 0.2) is 0 Å². The highest BCUT2D eigenvalue weighted by molar-refractivity contribution is 5.35. The zero-order valence-electron chi connectivity index (χ0n) is 8.04. The molecule has 0 saturated heterocycles. The zero-order valence-corrected chi connectivity index (χ0v) is 8.04. The molecule has 1 aliphatic rings. The van der Waals surface area contributed by atoms with Gasteiger partial charge in [0, 0.05) is 6.54 Å². The lowest BCUT2D eigenvalue weighted by Gasteiger charge is -2.26. The third-order valence-corrected chi connectivity index (χ3v) is 2.57. The maximum Gasteiger partial charge on any atom is 0.0785 e. The predicted molar refractivity (Wildman–Crippen MR) is 52.3 cm³/mol. The monoisotopic (exact) mass is 177 g/mol. The van der Waals surface area contributed by atoms with E-state index in [0.29, 0.717) is 0 Å². The quantitative estimate of drug-likeness (QED) is 0.683. The molecule has 1 unspecified atom stereocenters. The van der Waals surface area contributed by atoms with Gasteiger partial charge in [-0.25, -0.2) is 0 Å². The van der Waals surface area contributed by atoms with Gasteiger partial charge in [0.25, 0.3) is 0 Å². The van der Waals surface area contributed by atoms with Crippen LogP contribution in [0.4, 0.5) is 0 Å². The van der Waals surface area contributed by atoms with E-state index in [-0.39, 0.29) is 6.04 Å². The molecule has 0 amide bonds. The maximum atomic E-state index is 9.90. The minimum absolute atomic E-state index is 0.0729. The Morgan fingerprint density at radius 2 is 2.08 bits per heavy atom. The van der Waals surface area contributed by atoms with Gasteiger partial charge in [0.05, 0.1) is 11.6 Å². The Bertz CT molecular complexity index is 314. The fraction of sp³-hybridized carbons (Fsp3) is 0.455. The number of hydrogen-bond acceptors (Lipinski definition) is 2. The van der Waals surface area contributed by atoms with E-state index in [4.69, 9.17) is 0 Å². The molecule has 0 bridgehead atoms. The van der Waals surface area contributed by atoms with Gasteiger partial charge in [0.2, 0.25) is 0 Å². The predicted octanol–water partition coefficient (Wildman–Crippen LogP) is 1.60. The molecule has 2 rings (SSSR count). The standard InChI is InChI=1S/C11H15NO/c1-11(2,13)10-9-6-4-3-5-8(9)7-12-10/h3-6,10,12-13H,7H2,1-2H3. The average Bonchev–Trinajstić information content (AvgIpc) is 2.45.